The van der Waals surface area contributed by atoms with Gasteiger partial charge >= 0.3 is 0 Å². The Hall–Kier alpha value is -0.740. The van der Waals surface area contributed by atoms with Crippen LogP contribution in [0, 0.1) is 11.8 Å². The standard InChI is InChI=1S/C12H20O/c1-3-4-5-6-7-8-9-10-11-12(2)13/h10-13H,3-7H2,1-2H3/b11-10+/t12-/m0/s1. The average Bonchev–Trinajstić information content (AvgIpc) is 2.09. The van der Waals surface area contributed by atoms with Gasteiger partial charge in [0.25, 0.3) is 0 Å². The topological polar surface area (TPSA) is 20.2 Å². The summed E-state index contributed by atoms with van der Waals surface area (Å²) in [5, 5.41) is 8.87. The van der Waals surface area contributed by atoms with Gasteiger partial charge in [-0.05, 0) is 25.5 Å². The Morgan fingerprint density at radius 1 is 1.31 bits per heavy atom. The smallest absolute Gasteiger partial charge is 0.0701 e. The lowest BCUT2D eigenvalue weighted by Gasteiger charge is -1.91. The summed E-state index contributed by atoms with van der Waals surface area (Å²) in [6.07, 6.45) is 9.08. The maximum atomic E-state index is 8.87. The number of hydrogen-bond donors (Lipinski definition) is 1. The van der Waals surface area contributed by atoms with Crippen LogP contribution in [0.3, 0.4) is 0 Å². The minimum atomic E-state index is -0.380. The van der Waals surface area contributed by atoms with Crippen LogP contribution >= 0.6 is 0 Å². The van der Waals surface area contributed by atoms with Crippen molar-refractivity contribution in [1.82, 2.24) is 0 Å². The zero-order chi connectivity index (χ0) is 9.94. The molecule has 74 valence electrons. The van der Waals surface area contributed by atoms with Crippen LogP contribution in [0.1, 0.15) is 46.0 Å². The Balaban J connectivity index is 3.30. The van der Waals surface area contributed by atoms with Crippen molar-refractivity contribution in [2.24, 2.45) is 0 Å². The Morgan fingerprint density at radius 2 is 2.08 bits per heavy atom. The van der Waals surface area contributed by atoms with E-state index in [1.165, 1.54) is 25.7 Å². The summed E-state index contributed by atoms with van der Waals surface area (Å²) in [6, 6.07) is 0. The highest BCUT2D eigenvalue weighted by Gasteiger charge is 1.83. The molecule has 0 aromatic carbocycles. The van der Waals surface area contributed by atoms with Crippen molar-refractivity contribution in [3.63, 3.8) is 0 Å². The van der Waals surface area contributed by atoms with Crippen LogP contribution in [-0.2, 0) is 0 Å². The molecule has 0 aliphatic rings. The molecule has 0 heterocycles. The molecular weight excluding hydrogens is 160 g/mol. The fraction of sp³-hybridized carbons (Fsp3) is 0.667. The lowest BCUT2D eigenvalue weighted by molar-refractivity contribution is 0.244. The van der Waals surface area contributed by atoms with E-state index in [1.807, 2.05) is 0 Å². The molecule has 1 nitrogen and oxygen atoms in total. The van der Waals surface area contributed by atoms with Crippen molar-refractivity contribution < 1.29 is 5.11 Å². The normalized spacial score (nSPS) is 12.5. The Morgan fingerprint density at radius 3 is 2.69 bits per heavy atom. The molecule has 0 unspecified atom stereocenters. The minimum absolute atomic E-state index is 0.380. The van der Waals surface area contributed by atoms with Crippen LogP contribution in [0.25, 0.3) is 0 Å². The molecule has 0 amide bonds. The van der Waals surface area contributed by atoms with E-state index in [9.17, 15) is 0 Å². The maximum absolute atomic E-state index is 8.87. The second-order valence-corrected chi connectivity index (χ2v) is 3.23. The van der Waals surface area contributed by atoms with Gasteiger partial charge in [-0.2, -0.15) is 0 Å². The largest absolute Gasteiger partial charge is 0.389 e. The Labute approximate surface area is 81.9 Å². The summed E-state index contributed by atoms with van der Waals surface area (Å²) in [6.45, 7) is 3.93. The zero-order valence-corrected chi connectivity index (χ0v) is 8.71. The predicted molar refractivity (Wildman–Crippen MR) is 57.4 cm³/mol. The molecule has 0 saturated carbocycles. The first-order valence-electron chi connectivity index (χ1n) is 5.10. The molecule has 0 aromatic rings. The number of unbranched alkanes of at least 4 members (excludes halogenated alkanes) is 4. The van der Waals surface area contributed by atoms with Crippen LogP contribution in [0.4, 0.5) is 0 Å². The van der Waals surface area contributed by atoms with Gasteiger partial charge in [-0.15, -0.1) is 0 Å². The van der Waals surface area contributed by atoms with Gasteiger partial charge < -0.3 is 5.11 Å². The molecule has 0 radical (unpaired) electrons. The second kappa shape index (κ2) is 9.35. The molecule has 0 aromatic heterocycles. The highest BCUT2D eigenvalue weighted by Crippen LogP contribution is 2.00. The van der Waals surface area contributed by atoms with Crippen molar-refractivity contribution in [3.05, 3.63) is 12.2 Å². The third kappa shape index (κ3) is 11.3. The van der Waals surface area contributed by atoms with E-state index in [2.05, 4.69) is 18.8 Å². The molecule has 0 saturated heterocycles. The van der Waals surface area contributed by atoms with Crippen LogP contribution in [0.2, 0.25) is 0 Å². The van der Waals surface area contributed by atoms with E-state index in [4.69, 9.17) is 5.11 Å². The highest BCUT2D eigenvalue weighted by molar-refractivity contribution is 5.15. The van der Waals surface area contributed by atoms with Crippen molar-refractivity contribution in [3.8, 4) is 11.8 Å². The van der Waals surface area contributed by atoms with Crippen LogP contribution in [-0.4, -0.2) is 11.2 Å². The fourth-order valence-corrected chi connectivity index (χ4v) is 0.959. The molecule has 0 aliphatic carbocycles. The lowest BCUT2D eigenvalue weighted by atomic mass is 10.2. The van der Waals surface area contributed by atoms with Gasteiger partial charge in [0.1, 0.15) is 0 Å². The first kappa shape index (κ1) is 12.3. The molecule has 0 spiro atoms. The van der Waals surface area contributed by atoms with E-state index in [0.717, 1.165) is 6.42 Å². The lowest BCUT2D eigenvalue weighted by Crippen LogP contribution is -1.90. The molecule has 0 fully saturated rings. The SMILES string of the molecule is CCCCCCC#C/C=C/[C@H](C)O. The number of aliphatic hydroxyl groups excluding tert-OH is 1. The van der Waals surface area contributed by atoms with E-state index in [-0.39, 0.29) is 6.10 Å². The van der Waals surface area contributed by atoms with Gasteiger partial charge in [0, 0.05) is 6.42 Å². The number of rotatable bonds is 5. The maximum Gasteiger partial charge on any atom is 0.0701 e. The zero-order valence-electron chi connectivity index (χ0n) is 8.71. The third-order valence-electron chi connectivity index (χ3n) is 1.72. The molecule has 1 heteroatoms. The van der Waals surface area contributed by atoms with Gasteiger partial charge in [-0.3, -0.25) is 0 Å². The average molecular weight is 180 g/mol. The Kier molecular flexibility index (Phi) is 8.82. The van der Waals surface area contributed by atoms with E-state index in [0.29, 0.717) is 0 Å². The summed E-state index contributed by atoms with van der Waals surface area (Å²) in [5.41, 5.74) is 0. The number of hydrogen-bond acceptors (Lipinski definition) is 1. The molecule has 0 rings (SSSR count). The van der Waals surface area contributed by atoms with E-state index in [1.54, 1.807) is 19.1 Å². The van der Waals surface area contributed by atoms with Crippen molar-refractivity contribution >= 4 is 0 Å². The van der Waals surface area contributed by atoms with Gasteiger partial charge in [0.2, 0.25) is 0 Å². The van der Waals surface area contributed by atoms with E-state index < -0.39 is 0 Å². The summed E-state index contributed by atoms with van der Waals surface area (Å²) >= 11 is 0. The highest BCUT2D eigenvalue weighted by atomic mass is 16.3. The molecule has 13 heavy (non-hydrogen) atoms. The van der Waals surface area contributed by atoms with Gasteiger partial charge in [-0.25, -0.2) is 0 Å². The molecule has 1 N–H and O–H groups in total. The molecule has 1 atom stereocenters. The van der Waals surface area contributed by atoms with E-state index >= 15 is 0 Å². The second-order valence-electron chi connectivity index (χ2n) is 3.23. The first-order chi connectivity index (χ1) is 6.27. The summed E-state index contributed by atoms with van der Waals surface area (Å²) in [4.78, 5) is 0. The van der Waals surface area contributed by atoms with Gasteiger partial charge in [0.15, 0.2) is 0 Å². The van der Waals surface area contributed by atoms with Crippen LogP contribution in [0.15, 0.2) is 12.2 Å². The van der Waals surface area contributed by atoms with Crippen molar-refractivity contribution in [2.45, 2.75) is 52.1 Å². The Bertz CT molecular complexity index is 181. The third-order valence-corrected chi connectivity index (χ3v) is 1.72. The number of aliphatic hydroxyl groups is 1. The predicted octanol–water partition coefficient (Wildman–Crippen LogP) is 2.90. The van der Waals surface area contributed by atoms with Gasteiger partial charge in [0.05, 0.1) is 6.10 Å². The molecular formula is C12H20O. The van der Waals surface area contributed by atoms with Crippen LogP contribution in [0.5, 0.6) is 0 Å². The quantitative estimate of drug-likeness (QED) is 0.509. The number of allylic oxidation sites excluding steroid dienone is 1. The molecule has 0 bridgehead atoms. The van der Waals surface area contributed by atoms with Crippen molar-refractivity contribution in [1.29, 1.82) is 0 Å². The summed E-state index contributed by atoms with van der Waals surface area (Å²) in [5.74, 6) is 5.95. The monoisotopic (exact) mass is 180 g/mol. The van der Waals surface area contributed by atoms with Gasteiger partial charge in [-0.1, -0.05) is 38.0 Å². The van der Waals surface area contributed by atoms with Crippen LogP contribution < -0.4 is 0 Å². The summed E-state index contributed by atoms with van der Waals surface area (Å²) < 4.78 is 0. The van der Waals surface area contributed by atoms with Crippen molar-refractivity contribution in [2.75, 3.05) is 0 Å². The molecule has 0 aliphatic heterocycles. The fourth-order valence-electron chi connectivity index (χ4n) is 0.959. The first-order valence-corrected chi connectivity index (χ1v) is 5.10. The minimum Gasteiger partial charge on any atom is -0.389 e. The summed E-state index contributed by atoms with van der Waals surface area (Å²) in [7, 11) is 0.